The van der Waals surface area contributed by atoms with Gasteiger partial charge in [0.05, 0.1) is 22.4 Å². The normalized spacial score (nSPS) is 11.0. The molecule has 2 aromatic rings. The molecule has 0 spiro atoms. The standard InChI is InChI=1S/C12H16BrN5O/c1-7(2)10-9(13)11(16-15-10)12(19)14-6-8-4-5-18(3)17-8/h4-5,7H,6H2,1-3H3,(H,14,19)(H,15,16). The number of nitrogens with one attached hydrogen (secondary N) is 2. The van der Waals surface area contributed by atoms with Crippen molar-refractivity contribution in [2.75, 3.05) is 0 Å². The quantitative estimate of drug-likeness (QED) is 0.902. The van der Waals surface area contributed by atoms with Crippen LogP contribution in [0.3, 0.4) is 0 Å². The van der Waals surface area contributed by atoms with Gasteiger partial charge in [-0.1, -0.05) is 13.8 Å². The van der Waals surface area contributed by atoms with Crippen LogP contribution in [0.4, 0.5) is 0 Å². The first kappa shape index (κ1) is 13.8. The molecule has 0 atom stereocenters. The van der Waals surface area contributed by atoms with E-state index in [2.05, 4.69) is 36.5 Å². The van der Waals surface area contributed by atoms with Crippen LogP contribution in [0.25, 0.3) is 0 Å². The Kier molecular flexibility index (Phi) is 4.04. The van der Waals surface area contributed by atoms with Crippen molar-refractivity contribution < 1.29 is 4.79 Å². The van der Waals surface area contributed by atoms with Crippen LogP contribution in [0.1, 0.15) is 41.6 Å². The van der Waals surface area contributed by atoms with Crippen molar-refractivity contribution in [1.82, 2.24) is 25.3 Å². The first-order valence-electron chi connectivity index (χ1n) is 5.99. The summed E-state index contributed by atoms with van der Waals surface area (Å²) in [5.41, 5.74) is 2.11. The number of hydrogen-bond acceptors (Lipinski definition) is 3. The summed E-state index contributed by atoms with van der Waals surface area (Å²) in [7, 11) is 1.84. The van der Waals surface area contributed by atoms with Crippen LogP contribution in [-0.2, 0) is 13.6 Å². The molecule has 0 saturated heterocycles. The van der Waals surface area contributed by atoms with E-state index in [9.17, 15) is 4.79 Å². The second-order valence-corrected chi connectivity index (χ2v) is 5.41. The summed E-state index contributed by atoms with van der Waals surface area (Å²) in [6.07, 6.45) is 1.84. The van der Waals surface area contributed by atoms with Crippen molar-refractivity contribution in [3.05, 3.63) is 33.8 Å². The number of aromatic nitrogens is 4. The predicted octanol–water partition coefficient (Wildman–Crippen LogP) is 1.96. The highest BCUT2D eigenvalue weighted by molar-refractivity contribution is 9.10. The van der Waals surface area contributed by atoms with Crippen LogP contribution in [-0.4, -0.2) is 25.9 Å². The molecule has 0 unspecified atom stereocenters. The first-order chi connectivity index (χ1) is 8.99. The van der Waals surface area contributed by atoms with Crippen molar-refractivity contribution in [3.63, 3.8) is 0 Å². The van der Waals surface area contributed by atoms with Crippen LogP contribution in [0.2, 0.25) is 0 Å². The minimum atomic E-state index is -0.222. The number of H-pyrrole nitrogens is 1. The van der Waals surface area contributed by atoms with Crippen molar-refractivity contribution in [2.45, 2.75) is 26.3 Å². The molecule has 2 N–H and O–H groups in total. The highest BCUT2D eigenvalue weighted by atomic mass is 79.9. The Labute approximate surface area is 119 Å². The first-order valence-corrected chi connectivity index (χ1v) is 6.78. The summed E-state index contributed by atoms with van der Waals surface area (Å²) >= 11 is 3.41. The van der Waals surface area contributed by atoms with Gasteiger partial charge in [-0.05, 0) is 27.9 Å². The van der Waals surface area contributed by atoms with E-state index in [1.807, 2.05) is 33.2 Å². The van der Waals surface area contributed by atoms with E-state index in [4.69, 9.17) is 0 Å². The largest absolute Gasteiger partial charge is 0.345 e. The molecule has 0 fully saturated rings. The molecule has 102 valence electrons. The molecule has 0 aliphatic rings. The molecule has 0 radical (unpaired) electrons. The maximum Gasteiger partial charge on any atom is 0.273 e. The molecule has 2 aromatic heterocycles. The molecule has 2 heterocycles. The van der Waals surface area contributed by atoms with E-state index in [0.29, 0.717) is 12.2 Å². The van der Waals surface area contributed by atoms with Crippen LogP contribution in [0.15, 0.2) is 16.7 Å². The van der Waals surface area contributed by atoms with Gasteiger partial charge in [0.1, 0.15) is 0 Å². The lowest BCUT2D eigenvalue weighted by atomic mass is 10.1. The van der Waals surface area contributed by atoms with Gasteiger partial charge < -0.3 is 5.32 Å². The van der Waals surface area contributed by atoms with E-state index >= 15 is 0 Å². The van der Waals surface area contributed by atoms with E-state index in [1.165, 1.54) is 0 Å². The zero-order chi connectivity index (χ0) is 14.0. The van der Waals surface area contributed by atoms with Gasteiger partial charge in [0, 0.05) is 13.2 Å². The molecule has 6 nitrogen and oxygen atoms in total. The molecule has 0 aliphatic carbocycles. The third-order valence-corrected chi connectivity index (χ3v) is 3.53. The summed E-state index contributed by atoms with van der Waals surface area (Å²) in [6, 6.07) is 1.86. The Morgan fingerprint density at radius 2 is 2.32 bits per heavy atom. The average Bonchev–Trinajstić information content (AvgIpc) is 2.92. The van der Waals surface area contributed by atoms with Gasteiger partial charge in [0.15, 0.2) is 5.69 Å². The number of hydrogen-bond donors (Lipinski definition) is 2. The highest BCUT2D eigenvalue weighted by Crippen LogP contribution is 2.25. The SMILES string of the molecule is CC(C)c1[nH]nc(C(=O)NCc2ccn(C)n2)c1Br. The topological polar surface area (TPSA) is 75.6 Å². The second-order valence-electron chi connectivity index (χ2n) is 4.62. The lowest BCUT2D eigenvalue weighted by Gasteiger charge is -2.02. The van der Waals surface area contributed by atoms with Gasteiger partial charge in [-0.15, -0.1) is 0 Å². The highest BCUT2D eigenvalue weighted by Gasteiger charge is 2.19. The number of halogens is 1. The Hall–Kier alpha value is -1.63. The Balaban J connectivity index is 2.04. The van der Waals surface area contributed by atoms with E-state index in [1.54, 1.807) is 4.68 Å². The maximum absolute atomic E-state index is 12.0. The molecule has 0 aromatic carbocycles. The lowest BCUT2D eigenvalue weighted by Crippen LogP contribution is -2.23. The average molecular weight is 326 g/mol. The number of carbonyl (C=O) groups excluding carboxylic acids is 1. The van der Waals surface area contributed by atoms with Crippen molar-refractivity contribution >= 4 is 21.8 Å². The Bertz CT molecular complexity index is 587. The molecule has 0 bridgehead atoms. The zero-order valence-electron chi connectivity index (χ0n) is 11.1. The summed E-state index contributed by atoms with van der Waals surface area (Å²) in [6.45, 7) is 4.46. The molecule has 2 rings (SSSR count). The molecular formula is C12H16BrN5O. The van der Waals surface area contributed by atoms with Gasteiger partial charge in [-0.3, -0.25) is 14.6 Å². The van der Waals surface area contributed by atoms with Gasteiger partial charge in [-0.2, -0.15) is 10.2 Å². The zero-order valence-corrected chi connectivity index (χ0v) is 12.7. The third-order valence-electron chi connectivity index (χ3n) is 2.72. The van der Waals surface area contributed by atoms with Gasteiger partial charge >= 0.3 is 0 Å². The predicted molar refractivity (Wildman–Crippen MR) is 74.8 cm³/mol. The number of nitrogens with zero attached hydrogens (tertiary/aromatic N) is 3. The summed E-state index contributed by atoms with van der Waals surface area (Å²) in [5, 5.41) is 13.9. The fourth-order valence-corrected chi connectivity index (χ4v) is 2.50. The molecule has 7 heteroatoms. The molecular weight excluding hydrogens is 310 g/mol. The van der Waals surface area contributed by atoms with E-state index in [0.717, 1.165) is 15.9 Å². The maximum atomic E-state index is 12.0. The van der Waals surface area contributed by atoms with Crippen LogP contribution in [0, 0.1) is 0 Å². The summed E-state index contributed by atoms with van der Waals surface area (Å²) < 4.78 is 2.42. The third kappa shape index (κ3) is 3.04. The molecule has 0 aliphatic heterocycles. The fourth-order valence-electron chi connectivity index (χ4n) is 1.69. The van der Waals surface area contributed by atoms with Crippen LogP contribution in [0.5, 0.6) is 0 Å². The number of aryl methyl sites for hydroxylation is 1. The van der Waals surface area contributed by atoms with Crippen LogP contribution < -0.4 is 5.32 Å². The monoisotopic (exact) mass is 325 g/mol. The second kappa shape index (κ2) is 5.56. The summed E-state index contributed by atoms with van der Waals surface area (Å²) in [4.78, 5) is 12.0. The Morgan fingerprint density at radius 1 is 1.58 bits per heavy atom. The van der Waals surface area contributed by atoms with Gasteiger partial charge in [-0.25, -0.2) is 0 Å². The van der Waals surface area contributed by atoms with Crippen molar-refractivity contribution in [2.24, 2.45) is 7.05 Å². The number of aromatic amines is 1. The minimum absolute atomic E-state index is 0.222. The smallest absolute Gasteiger partial charge is 0.273 e. The van der Waals surface area contributed by atoms with Gasteiger partial charge in [0.2, 0.25) is 0 Å². The van der Waals surface area contributed by atoms with Crippen molar-refractivity contribution in [3.8, 4) is 0 Å². The Morgan fingerprint density at radius 3 is 2.84 bits per heavy atom. The minimum Gasteiger partial charge on any atom is -0.345 e. The number of rotatable bonds is 4. The molecule has 19 heavy (non-hydrogen) atoms. The lowest BCUT2D eigenvalue weighted by molar-refractivity contribution is 0.0944. The van der Waals surface area contributed by atoms with E-state index in [-0.39, 0.29) is 11.8 Å². The number of amides is 1. The fraction of sp³-hybridized carbons (Fsp3) is 0.417. The molecule has 1 amide bonds. The van der Waals surface area contributed by atoms with E-state index < -0.39 is 0 Å². The molecule has 0 saturated carbocycles. The number of carbonyl (C=O) groups is 1. The van der Waals surface area contributed by atoms with Crippen molar-refractivity contribution in [1.29, 1.82) is 0 Å². The van der Waals surface area contributed by atoms with Crippen LogP contribution >= 0.6 is 15.9 Å². The summed E-state index contributed by atoms with van der Waals surface area (Å²) in [5.74, 6) is 0.0555. The van der Waals surface area contributed by atoms with Gasteiger partial charge in [0.25, 0.3) is 5.91 Å².